The third-order valence-electron chi connectivity index (χ3n) is 2.70. The van der Waals surface area contributed by atoms with Gasteiger partial charge in [0.1, 0.15) is 18.1 Å². The molecule has 0 atom stereocenters. The minimum atomic E-state index is -0.594. The van der Waals surface area contributed by atoms with Gasteiger partial charge in [-0.15, -0.1) is 0 Å². The van der Waals surface area contributed by atoms with E-state index in [2.05, 4.69) is 15.1 Å². The summed E-state index contributed by atoms with van der Waals surface area (Å²) >= 11 is 0. The lowest BCUT2D eigenvalue weighted by Gasteiger charge is -2.03. The Morgan fingerprint density at radius 3 is 2.63 bits per heavy atom. The Kier molecular flexibility index (Phi) is 3.74. The zero-order valence-corrected chi connectivity index (χ0v) is 10.7. The molecule has 0 saturated heterocycles. The zero-order chi connectivity index (χ0) is 13.8. The highest BCUT2D eigenvalue weighted by Crippen LogP contribution is 2.18. The molecule has 2 aromatic rings. The smallest absolute Gasteiger partial charge is 0.269 e. The van der Waals surface area contributed by atoms with Crippen LogP contribution in [0.1, 0.15) is 35.4 Å². The molecule has 0 saturated carbocycles. The zero-order valence-electron chi connectivity index (χ0n) is 10.7. The van der Waals surface area contributed by atoms with E-state index in [1.165, 1.54) is 4.68 Å². The molecular weight excluding hydrogens is 244 g/mol. The molecule has 0 unspecified atom stereocenters. The summed E-state index contributed by atoms with van der Waals surface area (Å²) in [6.07, 6.45) is 4.86. The van der Waals surface area contributed by atoms with Gasteiger partial charge < -0.3 is 11.5 Å². The molecular formula is C12H16N6O. The predicted octanol–water partition coefficient (Wildman–Crippen LogP) is 0.355. The fraction of sp³-hybridized carbons (Fsp3) is 0.333. The third kappa shape index (κ3) is 2.70. The van der Waals surface area contributed by atoms with Gasteiger partial charge >= 0.3 is 0 Å². The molecule has 0 aliphatic rings. The van der Waals surface area contributed by atoms with Crippen LogP contribution in [0.25, 0.3) is 0 Å². The van der Waals surface area contributed by atoms with Gasteiger partial charge in [-0.25, -0.2) is 14.6 Å². The molecule has 0 aliphatic carbocycles. The van der Waals surface area contributed by atoms with E-state index < -0.39 is 5.91 Å². The lowest BCUT2D eigenvalue weighted by Crippen LogP contribution is -2.20. The number of hydrogen-bond donors (Lipinski definition) is 2. The normalized spacial score (nSPS) is 10.6. The van der Waals surface area contributed by atoms with Gasteiger partial charge in [0, 0.05) is 12.4 Å². The Hall–Kier alpha value is -2.44. The van der Waals surface area contributed by atoms with Gasteiger partial charge in [0.05, 0.1) is 11.4 Å². The SMILES string of the molecule is CCCc1nn(Cc2ncccn2)c(C(N)=O)c1N. The van der Waals surface area contributed by atoms with Crippen molar-refractivity contribution < 1.29 is 4.79 Å². The Balaban J connectivity index is 2.38. The van der Waals surface area contributed by atoms with Crippen LogP contribution < -0.4 is 11.5 Å². The maximum atomic E-state index is 11.5. The largest absolute Gasteiger partial charge is 0.395 e. The Bertz CT molecular complexity index is 577. The lowest BCUT2D eigenvalue weighted by atomic mass is 10.2. The summed E-state index contributed by atoms with van der Waals surface area (Å²) in [5.74, 6) is -0.0427. The number of aryl methyl sites for hydroxylation is 1. The Labute approximate surface area is 110 Å². The highest BCUT2D eigenvalue weighted by atomic mass is 16.1. The monoisotopic (exact) mass is 260 g/mol. The maximum Gasteiger partial charge on any atom is 0.269 e. The van der Waals surface area contributed by atoms with E-state index in [0.29, 0.717) is 23.6 Å². The van der Waals surface area contributed by atoms with Crippen LogP contribution in [0, 0.1) is 0 Å². The number of nitrogens with two attached hydrogens (primary N) is 2. The van der Waals surface area contributed by atoms with Crippen molar-refractivity contribution in [2.45, 2.75) is 26.3 Å². The highest BCUT2D eigenvalue weighted by Gasteiger charge is 2.19. The molecule has 0 fully saturated rings. The minimum absolute atomic E-state index is 0.218. The van der Waals surface area contributed by atoms with E-state index in [1.807, 2.05) is 6.92 Å². The van der Waals surface area contributed by atoms with Crippen molar-refractivity contribution in [1.82, 2.24) is 19.7 Å². The first-order valence-electron chi connectivity index (χ1n) is 6.04. The summed E-state index contributed by atoms with van der Waals surface area (Å²) in [4.78, 5) is 19.7. The molecule has 0 radical (unpaired) electrons. The first-order valence-corrected chi connectivity index (χ1v) is 6.04. The van der Waals surface area contributed by atoms with Crippen molar-refractivity contribution in [3.05, 3.63) is 35.7 Å². The van der Waals surface area contributed by atoms with Gasteiger partial charge in [0.15, 0.2) is 0 Å². The van der Waals surface area contributed by atoms with Gasteiger partial charge in [0.2, 0.25) is 0 Å². The maximum absolute atomic E-state index is 11.5. The van der Waals surface area contributed by atoms with Crippen molar-refractivity contribution in [2.75, 3.05) is 5.73 Å². The number of aromatic nitrogens is 4. The second kappa shape index (κ2) is 5.47. The molecule has 0 aliphatic heterocycles. The summed E-state index contributed by atoms with van der Waals surface area (Å²) in [5, 5.41) is 4.33. The number of hydrogen-bond acceptors (Lipinski definition) is 5. The summed E-state index contributed by atoms with van der Waals surface area (Å²) in [6, 6.07) is 1.72. The first-order chi connectivity index (χ1) is 9.13. The van der Waals surface area contributed by atoms with E-state index in [1.54, 1.807) is 18.5 Å². The molecule has 0 bridgehead atoms. The van der Waals surface area contributed by atoms with Crippen LogP contribution >= 0.6 is 0 Å². The minimum Gasteiger partial charge on any atom is -0.395 e. The van der Waals surface area contributed by atoms with Gasteiger partial charge in [-0.3, -0.25) is 4.79 Å². The van der Waals surface area contributed by atoms with Gasteiger partial charge in [-0.05, 0) is 12.5 Å². The van der Waals surface area contributed by atoms with Crippen molar-refractivity contribution >= 4 is 11.6 Å². The number of anilines is 1. The quantitative estimate of drug-likeness (QED) is 0.805. The van der Waals surface area contributed by atoms with E-state index >= 15 is 0 Å². The molecule has 0 aromatic carbocycles. The molecule has 100 valence electrons. The topological polar surface area (TPSA) is 113 Å². The number of carbonyl (C=O) groups excluding carboxylic acids is 1. The average molecular weight is 260 g/mol. The van der Waals surface area contributed by atoms with Crippen LogP contribution in [0.15, 0.2) is 18.5 Å². The number of nitrogen functional groups attached to an aromatic ring is 1. The summed E-state index contributed by atoms with van der Waals surface area (Å²) in [6.45, 7) is 2.29. The summed E-state index contributed by atoms with van der Waals surface area (Å²) in [5.41, 5.74) is 12.5. The van der Waals surface area contributed by atoms with E-state index in [9.17, 15) is 4.79 Å². The molecule has 7 heteroatoms. The van der Waals surface area contributed by atoms with E-state index in [4.69, 9.17) is 11.5 Å². The number of rotatable bonds is 5. The van der Waals surface area contributed by atoms with Crippen LogP contribution in [0.4, 0.5) is 5.69 Å². The standard InChI is InChI=1S/C12H16N6O/c1-2-4-8-10(13)11(12(14)19)18(17-8)7-9-15-5-3-6-16-9/h3,5-6H,2,4,7,13H2,1H3,(H2,14,19). The molecule has 4 N–H and O–H groups in total. The second-order valence-corrected chi connectivity index (χ2v) is 4.15. The van der Waals surface area contributed by atoms with Crippen molar-refractivity contribution in [3.8, 4) is 0 Å². The molecule has 2 heterocycles. The predicted molar refractivity (Wildman–Crippen MR) is 70.3 cm³/mol. The lowest BCUT2D eigenvalue weighted by molar-refractivity contribution is 0.0991. The van der Waals surface area contributed by atoms with Gasteiger partial charge in [0.25, 0.3) is 5.91 Å². The first kappa shape index (κ1) is 13.0. The molecule has 19 heavy (non-hydrogen) atoms. The number of primary amides is 1. The van der Waals surface area contributed by atoms with Crippen LogP contribution in [-0.2, 0) is 13.0 Å². The fourth-order valence-corrected chi connectivity index (χ4v) is 1.87. The number of nitrogens with zero attached hydrogens (tertiary/aromatic N) is 4. The summed E-state index contributed by atoms with van der Waals surface area (Å²) in [7, 11) is 0. The molecule has 1 amide bonds. The molecule has 7 nitrogen and oxygen atoms in total. The number of carbonyl (C=O) groups is 1. The van der Waals surface area contributed by atoms with Crippen molar-refractivity contribution in [3.63, 3.8) is 0 Å². The van der Waals surface area contributed by atoms with Crippen LogP contribution in [0.5, 0.6) is 0 Å². The third-order valence-corrected chi connectivity index (χ3v) is 2.70. The Morgan fingerprint density at radius 2 is 2.05 bits per heavy atom. The van der Waals surface area contributed by atoms with Gasteiger partial charge in [-0.1, -0.05) is 13.3 Å². The average Bonchev–Trinajstić information content (AvgIpc) is 2.68. The fourth-order valence-electron chi connectivity index (χ4n) is 1.87. The van der Waals surface area contributed by atoms with E-state index in [0.717, 1.165) is 6.42 Å². The van der Waals surface area contributed by atoms with Crippen molar-refractivity contribution in [2.24, 2.45) is 5.73 Å². The summed E-state index contributed by atoms with van der Waals surface area (Å²) < 4.78 is 1.47. The van der Waals surface area contributed by atoms with Gasteiger partial charge in [-0.2, -0.15) is 5.10 Å². The van der Waals surface area contributed by atoms with Crippen LogP contribution in [-0.4, -0.2) is 25.7 Å². The van der Waals surface area contributed by atoms with Crippen LogP contribution in [0.2, 0.25) is 0 Å². The number of amides is 1. The molecule has 2 aromatic heterocycles. The second-order valence-electron chi connectivity index (χ2n) is 4.15. The van der Waals surface area contributed by atoms with Crippen molar-refractivity contribution in [1.29, 1.82) is 0 Å². The Morgan fingerprint density at radius 1 is 1.37 bits per heavy atom. The molecule has 2 rings (SSSR count). The highest BCUT2D eigenvalue weighted by molar-refractivity contribution is 5.96. The van der Waals surface area contributed by atoms with Crippen LogP contribution in [0.3, 0.4) is 0 Å². The van der Waals surface area contributed by atoms with E-state index in [-0.39, 0.29) is 12.2 Å². The molecule has 0 spiro atoms.